The Morgan fingerprint density at radius 1 is 1.05 bits per heavy atom. The van der Waals surface area contributed by atoms with E-state index in [0.29, 0.717) is 11.1 Å². The van der Waals surface area contributed by atoms with E-state index in [2.05, 4.69) is 10.3 Å². The van der Waals surface area contributed by atoms with Gasteiger partial charge in [0.2, 0.25) is 0 Å². The number of hydrogen-bond acceptors (Lipinski definition) is 3. The normalized spacial score (nSPS) is 11.6. The first-order valence-electron chi connectivity index (χ1n) is 5.67. The number of carboxylic acids is 1. The Morgan fingerprint density at radius 2 is 1.68 bits per heavy atom. The molecule has 0 radical (unpaired) electrons. The van der Waals surface area contributed by atoms with Crippen LogP contribution in [-0.2, 0) is 4.79 Å². The van der Waals surface area contributed by atoms with Crippen LogP contribution in [0.4, 0.5) is 0 Å². The monoisotopic (exact) mass is 256 g/mol. The Kier molecular flexibility index (Phi) is 3.87. The SMILES string of the molecule is O=C(N[C@@H](C(=O)O)c1ccccc1)c1ccncc1. The quantitative estimate of drug-likeness (QED) is 0.871. The molecule has 2 rings (SSSR count). The highest BCUT2D eigenvalue weighted by atomic mass is 16.4. The molecule has 2 aromatic rings. The predicted molar refractivity (Wildman–Crippen MR) is 68.5 cm³/mol. The minimum atomic E-state index is -1.10. The van der Waals surface area contributed by atoms with Gasteiger partial charge in [-0.15, -0.1) is 0 Å². The number of amides is 1. The molecule has 1 aromatic carbocycles. The van der Waals surface area contributed by atoms with E-state index < -0.39 is 17.9 Å². The Labute approximate surface area is 109 Å². The van der Waals surface area contributed by atoms with Crippen molar-refractivity contribution in [1.82, 2.24) is 10.3 Å². The van der Waals surface area contributed by atoms with E-state index in [1.54, 1.807) is 30.3 Å². The van der Waals surface area contributed by atoms with Crippen molar-refractivity contribution in [2.75, 3.05) is 0 Å². The number of carboxylic acid groups (broad SMARTS) is 1. The molecule has 0 aliphatic rings. The van der Waals surface area contributed by atoms with Crippen molar-refractivity contribution >= 4 is 11.9 Å². The van der Waals surface area contributed by atoms with Crippen LogP contribution < -0.4 is 5.32 Å². The fourth-order valence-corrected chi connectivity index (χ4v) is 1.65. The number of hydrogen-bond donors (Lipinski definition) is 2. The molecule has 0 saturated carbocycles. The number of nitrogens with zero attached hydrogens (tertiary/aromatic N) is 1. The Hall–Kier alpha value is -2.69. The molecular weight excluding hydrogens is 244 g/mol. The van der Waals surface area contributed by atoms with Crippen LogP contribution in [-0.4, -0.2) is 22.0 Å². The van der Waals surface area contributed by atoms with Gasteiger partial charge in [0.1, 0.15) is 0 Å². The summed E-state index contributed by atoms with van der Waals surface area (Å²) in [5.74, 6) is -1.55. The summed E-state index contributed by atoms with van der Waals surface area (Å²) in [6, 6.07) is 10.5. The minimum absolute atomic E-state index is 0.372. The molecule has 19 heavy (non-hydrogen) atoms. The summed E-state index contributed by atoms with van der Waals surface area (Å²) < 4.78 is 0. The lowest BCUT2D eigenvalue weighted by Crippen LogP contribution is -2.33. The molecule has 1 heterocycles. The van der Waals surface area contributed by atoms with Crippen molar-refractivity contribution in [3.63, 3.8) is 0 Å². The van der Waals surface area contributed by atoms with E-state index in [1.165, 1.54) is 24.5 Å². The van der Waals surface area contributed by atoms with Gasteiger partial charge in [-0.25, -0.2) is 4.79 Å². The molecule has 96 valence electrons. The fraction of sp³-hybridized carbons (Fsp3) is 0.0714. The molecule has 1 aromatic heterocycles. The molecule has 0 spiro atoms. The molecule has 0 fully saturated rings. The molecule has 5 nitrogen and oxygen atoms in total. The molecule has 0 bridgehead atoms. The van der Waals surface area contributed by atoms with Gasteiger partial charge in [-0.05, 0) is 17.7 Å². The van der Waals surface area contributed by atoms with Gasteiger partial charge in [0.15, 0.2) is 6.04 Å². The van der Waals surface area contributed by atoms with Gasteiger partial charge in [-0.3, -0.25) is 9.78 Å². The van der Waals surface area contributed by atoms with Gasteiger partial charge in [0, 0.05) is 18.0 Å². The van der Waals surface area contributed by atoms with Crippen LogP contribution in [0.1, 0.15) is 22.0 Å². The van der Waals surface area contributed by atoms with Gasteiger partial charge in [0.05, 0.1) is 0 Å². The molecule has 1 amide bonds. The second kappa shape index (κ2) is 5.77. The smallest absolute Gasteiger partial charge is 0.330 e. The van der Waals surface area contributed by atoms with E-state index in [0.717, 1.165) is 0 Å². The Morgan fingerprint density at radius 3 is 2.26 bits per heavy atom. The predicted octanol–water partition coefficient (Wildman–Crippen LogP) is 1.64. The molecule has 0 saturated heterocycles. The van der Waals surface area contributed by atoms with Crippen molar-refractivity contribution in [3.8, 4) is 0 Å². The van der Waals surface area contributed by atoms with E-state index >= 15 is 0 Å². The van der Waals surface area contributed by atoms with E-state index in [4.69, 9.17) is 0 Å². The van der Waals surface area contributed by atoms with Crippen LogP contribution in [0.2, 0.25) is 0 Å². The van der Waals surface area contributed by atoms with Crippen LogP contribution in [0.3, 0.4) is 0 Å². The van der Waals surface area contributed by atoms with E-state index in [9.17, 15) is 14.7 Å². The van der Waals surface area contributed by atoms with Gasteiger partial charge in [-0.2, -0.15) is 0 Å². The summed E-state index contributed by atoms with van der Waals surface area (Å²) >= 11 is 0. The van der Waals surface area contributed by atoms with Crippen molar-refractivity contribution in [3.05, 3.63) is 66.0 Å². The first kappa shape index (κ1) is 12.8. The number of carbonyl (C=O) groups excluding carboxylic acids is 1. The lowest BCUT2D eigenvalue weighted by molar-refractivity contribution is -0.139. The van der Waals surface area contributed by atoms with E-state index in [1.807, 2.05) is 0 Å². The number of nitrogens with one attached hydrogen (secondary N) is 1. The van der Waals surface area contributed by atoms with Gasteiger partial charge < -0.3 is 10.4 Å². The molecule has 1 atom stereocenters. The number of pyridine rings is 1. The summed E-state index contributed by atoms with van der Waals surface area (Å²) in [6.07, 6.45) is 2.96. The standard InChI is InChI=1S/C14H12N2O3/c17-13(11-6-8-15-9-7-11)16-12(14(18)19)10-4-2-1-3-5-10/h1-9,12H,(H,16,17)(H,18,19)/t12-/m1/s1. The van der Waals surface area contributed by atoms with Crippen molar-refractivity contribution in [1.29, 1.82) is 0 Å². The maximum Gasteiger partial charge on any atom is 0.330 e. The van der Waals surface area contributed by atoms with Gasteiger partial charge in [0.25, 0.3) is 5.91 Å². The van der Waals surface area contributed by atoms with Crippen LogP contribution in [0.15, 0.2) is 54.9 Å². The summed E-state index contributed by atoms with van der Waals surface area (Å²) in [7, 11) is 0. The molecule has 0 aliphatic heterocycles. The van der Waals surface area contributed by atoms with Crippen LogP contribution >= 0.6 is 0 Å². The number of benzene rings is 1. The van der Waals surface area contributed by atoms with Crippen LogP contribution in [0.5, 0.6) is 0 Å². The minimum Gasteiger partial charge on any atom is -0.479 e. The molecule has 5 heteroatoms. The third kappa shape index (κ3) is 3.16. The van der Waals surface area contributed by atoms with Gasteiger partial charge >= 0.3 is 5.97 Å². The van der Waals surface area contributed by atoms with Crippen LogP contribution in [0.25, 0.3) is 0 Å². The average molecular weight is 256 g/mol. The van der Waals surface area contributed by atoms with Crippen molar-refractivity contribution in [2.24, 2.45) is 0 Å². The van der Waals surface area contributed by atoms with Crippen molar-refractivity contribution in [2.45, 2.75) is 6.04 Å². The zero-order valence-electron chi connectivity index (χ0n) is 9.98. The fourth-order valence-electron chi connectivity index (χ4n) is 1.65. The third-order valence-electron chi connectivity index (χ3n) is 2.60. The lowest BCUT2D eigenvalue weighted by Gasteiger charge is -2.14. The highest BCUT2D eigenvalue weighted by Crippen LogP contribution is 2.13. The summed E-state index contributed by atoms with van der Waals surface area (Å²) in [6.45, 7) is 0. The maximum absolute atomic E-state index is 11.9. The topological polar surface area (TPSA) is 79.3 Å². The third-order valence-corrected chi connectivity index (χ3v) is 2.60. The summed E-state index contributed by atoms with van der Waals surface area (Å²) in [5.41, 5.74) is 0.898. The number of aromatic nitrogens is 1. The number of carbonyl (C=O) groups is 2. The second-order valence-corrected chi connectivity index (χ2v) is 3.89. The molecule has 2 N–H and O–H groups in total. The van der Waals surface area contributed by atoms with E-state index in [-0.39, 0.29) is 0 Å². The molecule has 0 aliphatic carbocycles. The first-order chi connectivity index (χ1) is 9.18. The zero-order valence-corrected chi connectivity index (χ0v) is 9.98. The molecular formula is C14H12N2O3. The molecule has 0 unspecified atom stereocenters. The van der Waals surface area contributed by atoms with Crippen molar-refractivity contribution < 1.29 is 14.7 Å². The number of aliphatic carboxylic acids is 1. The zero-order chi connectivity index (χ0) is 13.7. The Bertz CT molecular complexity index is 570. The maximum atomic E-state index is 11.9. The summed E-state index contributed by atoms with van der Waals surface area (Å²) in [4.78, 5) is 27.0. The highest BCUT2D eigenvalue weighted by molar-refractivity contribution is 5.96. The highest BCUT2D eigenvalue weighted by Gasteiger charge is 2.22. The number of rotatable bonds is 4. The lowest BCUT2D eigenvalue weighted by atomic mass is 10.1. The summed E-state index contributed by atoms with van der Waals surface area (Å²) in [5, 5.41) is 11.7. The first-order valence-corrected chi connectivity index (χ1v) is 5.67. The largest absolute Gasteiger partial charge is 0.479 e. The van der Waals surface area contributed by atoms with Crippen LogP contribution in [0, 0.1) is 0 Å². The Balaban J connectivity index is 2.19. The second-order valence-electron chi connectivity index (χ2n) is 3.89. The van der Waals surface area contributed by atoms with Gasteiger partial charge in [-0.1, -0.05) is 30.3 Å². The average Bonchev–Trinajstić information content (AvgIpc) is 2.46.